The van der Waals surface area contributed by atoms with Gasteiger partial charge in [0.1, 0.15) is 0 Å². The summed E-state index contributed by atoms with van der Waals surface area (Å²) in [4.78, 5) is 0. The summed E-state index contributed by atoms with van der Waals surface area (Å²) in [5.74, 6) is 0. The smallest absolute Gasteiger partial charge is 0.171 e. The van der Waals surface area contributed by atoms with Crippen LogP contribution in [0, 0.1) is 6.92 Å². The molecule has 0 aliphatic heterocycles. The molecule has 1 heterocycles. The standard InChI is InChI=1S/C13H16N4S/c1-10-11(9-15-17(10)2)8-14-13(18)16-12-6-4-3-5-7-12/h3-7,9H,8H2,1-2H3,(H2,14,16,18). The minimum atomic E-state index is 0.615. The Morgan fingerprint density at radius 2 is 2.06 bits per heavy atom. The van der Waals surface area contributed by atoms with Gasteiger partial charge in [0.05, 0.1) is 6.20 Å². The number of anilines is 1. The van der Waals surface area contributed by atoms with Crippen LogP contribution in [0.2, 0.25) is 0 Å². The third-order valence-corrected chi connectivity index (χ3v) is 3.05. The third-order valence-electron chi connectivity index (χ3n) is 2.81. The van der Waals surface area contributed by atoms with Crippen LogP contribution in [-0.4, -0.2) is 14.9 Å². The van der Waals surface area contributed by atoms with Crippen LogP contribution < -0.4 is 10.6 Å². The molecule has 1 aromatic carbocycles. The first-order chi connectivity index (χ1) is 8.66. The second-order valence-corrected chi connectivity index (χ2v) is 4.46. The maximum atomic E-state index is 5.24. The average Bonchev–Trinajstić information content (AvgIpc) is 2.69. The van der Waals surface area contributed by atoms with Gasteiger partial charge < -0.3 is 10.6 Å². The molecule has 0 amide bonds. The molecule has 0 fully saturated rings. The van der Waals surface area contributed by atoms with Crippen molar-refractivity contribution in [2.75, 3.05) is 5.32 Å². The Morgan fingerprint density at radius 3 is 2.67 bits per heavy atom. The molecule has 4 nitrogen and oxygen atoms in total. The lowest BCUT2D eigenvalue weighted by Gasteiger charge is -2.10. The molecule has 0 bridgehead atoms. The summed E-state index contributed by atoms with van der Waals surface area (Å²) in [6.45, 7) is 2.72. The van der Waals surface area contributed by atoms with Gasteiger partial charge in [0.15, 0.2) is 5.11 Å². The van der Waals surface area contributed by atoms with Gasteiger partial charge in [-0.25, -0.2) is 0 Å². The number of rotatable bonds is 3. The summed E-state index contributed by atoms with van der Waals surface area (Å²) in [6, 6.07) is 9.86. The van der Waals surface area contributed by atoms with Crippen molar-refractivity contribution in [1.29, 1.82) is 0 Å². The second kappa shape index (κ2) is 5.64. The Balaban J connectivity index is 1.87. The van der Waals surface area contributed by atoms with Gasteiger partial charge in [0.25, 0.3) is 0 Å². The second-order valence-electron chi connectivity index (χ2n) is 4.05. The molecule has 1 aromatic heterocycles. The molecule has 0 saturated heterocycles. The van der Waals surface area contributed by atoms with Crippen molar-refractivity contribution in [3.05, 3.63) is 47.8 Å². The van der Waals surface area contributed by atoms with Crippen LogP contribution in [-0.2, 0) is 13.6 Å². The number of aryl methyl sites for hydroxylation is 1. The van der Waals surface area contributed by atoms with Crippen molar-refractivity contribution in [2.24, 2.45) is 7.05 Å². The van der Waals surface area contributed by atoms with Gasteiger partial charge in [0, 0.05) is 30.5 Å². The van der Waals surface area contributed by atoms with E-state index in [2.05, 4.69) is 15.7 Å². The van der Waals surface area contributed by atoms with Crippen LogP contribution in [0.1, 0.15) is 11.3 Å². The predicted molar refractivity (Wildman–Crippen MR) is 77.4 cm³/mol. The Hall–Kier alpha value is -1.88. The highest BCUT2D eigenvalue weighted by Crippen LogP contribution is 2.06. The van der Waals surface area contributed by atoms with Crippen molar-refractivity contribution < 1.29 is 0 Å². The lowest BCUT2D eigenvalue weighted by atomic mass is 10.2. The van der Waals surface area contributed by atoms with Crippen LogP contribution in [0.3, 0.4) is 0 Å². The molecule has 0 aliphatic rings. The molecule has 5 heteroatoms. The van der Waals surface area contributed by atoms with Gasteiger partial charge in [-0.1, -0.05) is 18.2 Å². The highest BCUT2D eigenvalue weighted by Gasteiger charge is 2.04. The number of nitrogens with one attached hydrogen (secondary N) is 2. The van der Waals surface area contributed by atoms with E-state index in [-0.39, 0.29) is 0 Å². The fraction of sp³-hybridized carbons (Fsp3) is 0.231. The maximum Gasteiger partial charge on any atom is 0.171 e. The lowest BCUT2D eigenvalue weighted by molar-refractivity contribution is 0.736. The molecule has 2 aromatic rings. The molecule has 0 aliphatic carbocycles. The Morgan fingerprint density at radius 1 is 1.33 bits per heavy atom. The SMILES string of the molecule is Cc1c(CNC(=S)Nc2ccccc2)cnn1C. The zero-order valence-electron chi connectivity index (χ0n) is 10.5. The highest BCUT2D eigenvalue weighted by atomic mass is 32.1. The monoisotopic (exact) mass is 260 g/mol. The van der Waals surface area contributed by atoms with Crippen LogP contribution in [0.4, 0.5) is 5.69 Å². The van der Waals surface area contributed by atoms with Crippen LogP contribution in [0.5, 0.6) is 0 Å². The summed E-state index contributed by atoms with van der Waals surface area (Å²) in [6.07, 6.45) is 1.85. The first-order valence-electron chi connectivity index (χ1n) is 5.74. The minimum Gasteiger partial charge on any atom is -0.358 e. The Kier molecular flexibility index (Phi) is 3.94. The van der Waals surface area contributed by atoms with Gasteiger partial charge in [-0.3, -0.25) is 4.68 Å². The molecule has 2 N–H and O–H groups in total. The van der Waals surface area contributed by atoms with E-state index in [0.29, 0.717) is 11.7 Å². The quantitative estimate of drug-likeness (QED) is 0.830. The molecule has 18 heavy (non-hydrogen) atoms. The molecule has 0 unspecified atom stereocenters. The fourth-order valence-electron chi connectivity index (χ4n) is 1.59. The summed E-state index contributed by atoms with van der Waals surface area (Å²) in [5, 5.41) is 11.1. The summed E-state index contributed by atoms with van der Waals surface area (Å²) >= 11 is 5.24. The van der Waals surface area contributed by atoms with E-state index in [0.717, 1.165) is 16.9 Å². The van der Waals surface area contributed by atoms with Crippen LogP contribution in [0.25, 0.3) is 0 Å². The Bertz CT molecular complexity index is 533. The zero-order chi connectivity index (χ0) is 13.0. The number of hydrogen-bond acceptors (Lipinski definition) is 2. The third kappa shape index (κ3) is 3.07. The van der Waals surface area contributed by atoms with E-state index in [9.17, 15) is 0 Å². The van der Waals surface area contributed by atoms with Gasteiger partial charge >= 0.3 is 0 Å². The number of thiocarbonyl (C=S) groups is 1. The van der Waals surface area contributed by atoms with Gasteiger partial charge in [-0.2, -0.15) is 5.10 Å². The van der Waals surface area contributed by atoms with E-state index in [1.165, 1.54) is 0 Å². The highest BCUT2D eigenvalue weighted by molar-refractivity contribution is 7.80. The van der Waals surface area contributed by atoms with Crippen molar-refractivity contribution in [1.82, 2.24) is 15.1 Å². The molecule has 0 radical (unpaired) electrons. The van der Waals surface area contributed by atoms with E-state index >= 15 is 0 Å². The molecule has 0 spiro atoms. The zero-order valence-corrected chi connectivity index (χ0v) is 11.3. The number of hydrogen-bond donors (Lipinski definition) is 2. The van der Waals surface area contributed by atoms with E-state index in [1.54, 1.807) is 0 Å². The normalized spacial score (nSPS) is 10.1. The first kappa shape index (κ1) is 12.6. The van der Waals surface area contributed by atoms with Gasteiger partial charge in [-0.05, 0) is 31.3 Å². The fourth-order valence-corrected chi connectivity index (χ4v) is 1.78. The minimum absolute atomic E-state index is 0.615. The Labute approximate surface area is 112 Å². The summed E-state index contributed by atoms with van der Waals surface area (Å²) in [5.41, 5.74) is 3.28. The molecule has 2 rings (SSSR count). The van der Waals surface area contributed by atoms with Crippen molar-refractivity contribution in [3.63, 3.8) is 0 Å². The van der Waals surface area contributed by atoms with E-state index < -0.39 is 0 Å². The summed E-state index contributed by atoms with van der Waals surface area (Å²) < 4.78 is 1.85. The maximum absolute atomic E-state index is 5.24. The van der Waals surface area contributed by atoms with Crippen molar-refractivity contribution in [2.45, 2.75) is 13.5 Å². The van der Waals surface area contributed by atoms with E-state index in [4.69, 9.17) is 12.2 Å². The van der Waals surface area contributed by atoms with Crippen LogP contribution in [0.15, 0.2) is 36.5 Å². The van der Waals surface area contributed by atoms with Gasteiger partial charge in [-0.15, -0.1) is 0 Å². The number of aromatic nitrogens is 2. The molecule has 94 valence electrons. The average molecular weight is 260 g/mol. The van der Waals surface area contributed by atoms with Gasteiger partial charge in [0.2, 0.25) is 0 Å². The van der Waals surface area contributed by atoms with E-state index in [1.807, 2.05) is 55.2 Å². The summed E-state index contributed by atoms with van der Waals surface area (Å²) in [7, 11) is 1.93. The predicted octanol–water partition coefficient (Wildman–Crippen LogP) is 2.22. The number of benzene rings is 1. The van der Waals surface area contributed by atoms with Crippen molar-refractivity contribution in [3.8, 4) is 0 Å². The lowest BCUT2D eigenvalue weighted by Crippen LogP contribution is -2.28. The largest absolute Gasteiger partial charge is 0.358 e. The van der Waals surface area contributed by atoms with Crippen LogP contribution >= 0.6 is 12.2 Å². The molecule has 0 saturated carbocycles. The van der Waals surface area contributed by atoms with Crippen molar-refractivity contribution >= 4 is 23.0 Å². The topological polar surface area (TPSA) is 41.9 Å². The molecular weight excluding hydrogens is 244 g/mol. The number of nitrogens with zero attached hydrogens (tertiary/aromatic N) is 2. The first-order valence-corrected chi connectivity index (χ1v) is 6.15. The number of para-hydroxylation sites is 1. The molecular formula is C13H16N4S. The molecule has 0 atom stereocenters.